The lowest BCUT2D eigenvalue weighted by atomic mass is 10.0. The molecule has 0 radical (unpaired) electrons. The predicted molar refractivity (Wildman–Crippen MR) is 106 cm³/mol. The minimum Gasteiger partial charge on any atom is -0.483 e. The average Bonchev–Trinajstić information content (AvgIpc) is 2.94. The van der Waals surface area contributed by atoms with E-state index in [0.29, 0.717) is 5.75 Å². The first-order valence-electron chi connectivity index (χ1n) is 8.94. The number of amides is 2. The lowest BCUT2D eigenvalue weighted by Gasteiger charge is -2.17. The van der Waals surface area contributed by atoms with Gasteiger partial charge >= 0.3 is 6.03 Å². The number of nitrogens with one attached hydrogen (secondary N) is 2. The molecule has 2 aromatic rings. The molecular weight excluding hydrogens is 340 g/mol. The maximum absolute atomic E-state index is 11.8. The number of fused-ring (bicyclic) bond motifs is 1. The van der Waals surface area contributed by atoms with Gasteiger partial charge in [-0.25, -0.2) is 4.79 Å². The SMILES string of the molecule is Cc1ccc(NC(=O)NCC#CCOc2cccc3c2OC(C)(C)C3)cc1. The molecule has 2 N–H and O–H groups in total. The van der Waals surface area contributed by atoms with Crippen molar-refractivity contribution in [3.63, 3.8) is 0 Å². The summed E-state index contributed by atoms with van der Waals surface area (Å²) < 4.78 is 11.7. The fourth-order valence-corrected chi connectivity index (χ4v) is 2.87. The van der Waals surface area contributed by atoms with E-state index >= 15 is 0 Å². The molecule has 1 heterocycles. The summed E-state index contributed by atoms with van der Waals surface area (Å²) in [6, 6.07) is 13.2. The number of carbonyl (C=O) groups is 1. The van der Waals surface area contributed by atoms with Crippen molar-refractivity contribution in [1.29, 1.82) is 0 Å². The van der Waals surface area contributed by atoms with E-state index in [-0.39, 0.29) is 24.8 Å². The topological polar surface area (TPSA) is 59.6 Å². The summed E-state index contributed by atoms with van der Waals surface area (Å²) in [5.41, 5.74) is 2.84. The van der Waals surface area contributed by atoms with Crippen LogP contribution in [0.3, 0.4) is 0 Å². The number of carbonyl (C=O) groups excluding carboxylic acids is 1. The number of urea groups is 1. The Labute approximate surface area is 160 Å². The number of hydrogen-bond donors (Lipinski definition) is 2. The number of rotatable bonds is 4. The van der Waals surface area contributed by atoms with E-state index in [2.05, 4.69) is 42.4 Å². The Morgan fingerprint density at radius 1 is 1.19 bits per heavy atom. The summed E-state index contributed by atoms with van der Waals surface area (Å²) in [5.74, 6) is 7.29. The van der Waals surface area contributed by atoms with Crippen molar-refractivity contribution in [2.75, 3.05) is 18.5 Å². The second kappa shape index (κ2) is 8.05. The zero-order chi connectivity index (χ0) is 19.3. The first-order valence-corrected chi connectivity index (χ1v) is 8.94. The van der Waals surface area contributed by atoms with Gasteiger partial charge in [-0.15, -0.1) is 0 Å². The second-order valence-corrected chi connectivity index (χ2v) is 7.10. The van der Waals surface area contributed by atoms with Crippen LogP contribution in [-0.2, 0) is 6.42 Å². The van der Waals surface area contributed by atoms with E-state index < -0.39 is 0 Å². The van der Waals surface area contributed by atoms with Gasteiger partial charge in [0.1, 0.15) is 12.2 Å². The second-order valence-electron chi connectivity index (χ2n) is 7.10. The number of benzene rings is 2. The van der Waals surface area contributed by atoms with Crippen LogP contribution in [0.4, 0.5) is 10.5 Å². The van der Waals surface area contributed by atoms with Gasteiger partial charge in [-0.1, -0.05) is 41.7 Å². The molecule has 0 saturated carbocycles. The highest BCUT2D eigenvalue weighted by molar-refractivity contribution is 5.89. The molecule has 3 rings (SSSR count). The molecule has 0 spiro atoms. The number of aryl methyl sites for hydroxylation is 1. The van der Waals surface area contributed by atoms with Gasteiger partial charge in [0.25, 0.3) is 0 Å². The third-order valence-electron chi connectivity index (χ3n) is 4.13. The first-order chi connectivity index (χ1) is 12.9. The summed E-state index contributed by atoms with van der Waals surface area (Å²) in [6.45, 7) is 6.60. The van der Waals surface area contributed by atoms with Crippen LogP contribution in [0.5, 0.6) is 11.5 Å². The number of ether oxygens (including phenoxy) is 2. The zero-order valence-corrected chi connectivity index (χ0v) is 15.9. The lowest BCUT2D eigenvalue weighted by Crippen LogP contribution is -2.28. The molecule has 140 valence electrons. The highest BCUT2D eigenvalue weighted by Gasteiger charge is 2.32. The van der Waals surface area contributed by atoms with E-state index in [0.717, 1.165) is 29.0 Å². The van der Waals surface area contributed by atoms with E-state index in [9.17, 15) is 4.79 Å². The van der Waals surface area contributed by atoms with Gasteiger partial charge in [0.05, 0.1) is 6.54 Å². The third-order valence-corrected chi connectivity index (χ3v) is 4.13. The Morgan fingerprint density at radius 3 is 2.74 bits per heavy atom. The van der Waals surface area contributed by atoms with Crippen molar-refractivity contribution in [3.8, 4) is 23.3 Å². The smallest absolute Gasteiger partial charge is 0.319 e. The quantitative estimate of drug-likeness (QED) is 0.809. The van der Waals surface area contributed by atoms with Crippen molar-refractivity contribution in [2.45, 2.75) is 32.8 Å². The van der Waals surface area contributed by atoms with Crippen LogP contribution in [0.25, 0.3) is 0 Å². The van der Waals surface area contributed by atoms with Gasteiger partial charge in [0.2, 0.25) is 0 Å². The summed E-state index contributed by atoms with van der Waals surface area (Å²) >= 11 is 0. The highest BCUT2D eigenvalue weighted by atomic mass is 16.5. The molecule has 0 fully saturated rings. The van der Waals surface area contributed by atoms with Crippen molar-refractivity contribution in [2.24, 2.45) is 0 Å². The summed E-state index contributed by atoms with van der Waals surface area (Å²) in [4.78, 5) is 11.8. The Balaban J connectivity index is 1.42. The van der Waals surface area contributed by atoms with Crippen LogP contribution < -0.4 is 20.1 Å². The molecule has 5 nitrogen and oxygen atoms in total. The molecule has 1 aliphatic heterocycles. The van der Waals surface area contributed by atoms with Gasteiger partial charge in [0, 0.05) is 17.7 Å². The largest absolute Gasteiger partial charge is 0.483 e. The molecular formula is C22H24N2O3. The molecule has 0 aliphatic carbocycles. The van der Waals surface area contributed by atoms with Crippen LogP contribution in [0, 0.1) is 18.8 Å². The Hall–Kier alpha value is -3.13. The molecule has 2 amide bonds. The maximum Gasteiger partial charge on any atom is 0.319 e. The number of hydrogen-bond acceptors (Lipinski definition) is 3. The molecule has 2 aromatic carbocycles. The number of anilines is 1. The van der Waals surface area contributed by atoms with Crippen LogP contribution >= 0.6 is 0 Å². The van der Waals surface area contributed by atoms with Gasteiger partial charge in [-0.2, -0.15) is 0 Å². The molecule has 0 unspecified atom stereocenters. The summed E-state index contributed by atoms with van der Waals surface area (Å²) in [5, 5.41) is 5.45. The minimum absolute atomic E-state index is 0.206. The molecule has 0 saturated heterocycles. The Kier molecular flexibility index (Phi) is 5.56. The monoisotopic (exact) mass is 364 g/mol. The van der Waals surface area contributed by atoms with Crippen molar-refractivity contribution < 1.29 is 14.3 Å². The van der Waals surface area contributed by atoms with Crippen molar-refractivity contribution >= 4 is 11.7 Å². The van der Waals surface area contributed by atoms with Crippen molar-refractivity contribution in [3.05, 3.63) is 53.6 Å². The maximum atomic E-state index is 11.8. The van der Waals surface area contributed by atoms with E-state index in [1.807, 2.05) is 43.3 Å². The van der Waals surface area contributed by atoms with E-state index in [1.54, 1.807) is 0 Å². The first kappa shape index (κ1) is 18.7. The average molecular weight is 364 g/mol. The standard InChI is InChI=1S/C22H24N2O3/c1-16-9-11-18(12-10-16)24-21(25)23-13-4-5-14-26-19-8-6-7-17-15-22(2,3)27-20(17)19/h6-12H,13-15H2,1-3H3,(H2,23,24,25). The molecule has 0 aromatic heterocycles. The van der Waals surface area contributed by atoms with Gasteiger partial charge in [-0.3, -0.25) is 0 Å². The predicted octanol–water partition coefficient (Wildman–Crippen LogP) is 3.91. The third kappa shape index (κ3) is 5.18. The number of para-hydroxylation sites is 1. The van der Waals surface area contributed by atoms with Gasteiger partial charge in [0.15, 0.2) is 11.5 Å². The van der Waals surface area contributed by atoms with Gasteiger partial charge < -0.3 is 20.1 Å². The van der Waals surface area contributed by atoms with E-state index in [1.165, 1.54) is 0 Å². The molecule has 0 bridgehead atoms. The van der Waals surface area contributed by atoms with Crippen LogP contribution in [0.1, 0.15) is 25.0 Å². The molecule has 1 aliphatic rings. The summed E-state index contributed by atoms with van der Waals surface area (Å²) in [7, 11) is 0. The lowest BCUT2D eigenvalue weighted by molar-refractivity contribution is 0.133. The highest BCUT2D eigenvalue weighted by Crippen LogP contribution is 2.41. The Morgan fingerprint density at radius 2 is 1.96 bits per heavy atom. The molecule has 27 heavy (non-hydrogen) atoms. The Bertz CT molecular complexity index is 877. The van der Waals surface area contributed by atoms with Crippen LogP contribution in [0.2, 0.25) is 0 Å². The van der Waals surface area contributed by atoms with Gasteiger partial charge in [-0.05, 0) is 39.0 Å². The van der Waals surface area contributed by atoms with Crippen LogP contribution in [0.15, 0.2) is 42.5 Å². The minimum atomic E-state index is -0.286. The van der Waals surface area contributed by atoms with Crippen LogP contribution in [-0.4, -0.2) is 24.8 Å². The fourth-order valence-electron chi connectivity index (χ4n) is 2.87. The molecule has 5 heteroatoms. The fraction of sp³-hybridized carbons (Fsp3) is 0.318. The normalized spacial score (nSPS) is 13.6. The van der Waals surface area contributed by atoms with Crippen molar-refractivity contribution in [1.82, 2.24) is 5.32 Å². The van der Waals surface area contributed by atoms with E-state index in [4.69, 9.17) is 9.47 Å². The zero-order valence-electron chi connectivity index (χ0n) is 15.9. The summed E-state index contributed by atoms with van der Waals surface area (Å²) in [6.07, 6.45) is 0.866. The molecule has 0 atom stereocenters.